The fourth-order valence-electron chi connectivity index (χ4n) is 1.31. The number of carbonyl (C=O) groups is 1. The van der Waals surface area contributed by atoms with Crippen molar-refractivity contribution in [1.29, 1.82) is 0 Å². The van der Waals surface area contributed by atoms with E-state index < -0.39 is 0 Å². The number of amides is 1. The number of rotatable bonds is 3. The lowest BCUT2D eigenvalue weighted by Gasteiger charge is -2.20. The van der Waals surface area contributed by atoms with Crippen LogP contribution in [0.4, 0.5) is 5.69 Å². The topological polar surface area (TPSA) is 20.3 Å². The second-order valence-electron chi connectivity index (χ2n) is 3.15. The average molecular weight is 256 g/mol. The Morgan fingerprint density at radius 1 is 1.36 bits per heavy atom. The van der Waals surface area contributed by atoms with Gasteiger partial charge >= 0.3 is 0 Å². The molecule has 0 heterocycles. The third-order valence-electron chi connectivity index (χ3n) is 1.97. The fraction of sp³-hybridized carbons (Fsp3) is 0.364. The summed E-state index contributed by atoms with van der Waals surface area (Å²) in [6.07, 6.45) is 0.968. The number of carbonyl (C=O) groups excluding carboxylic acids is 1. The first-order chi connectivity index (χ1) is 6.65. The van der Waals surface area contributed by atoms with Crippen molar-refractivity contribution in [3.63, 3.8) is 0 Å². The van der Waals surface area contributed by atoms with Crippen LogP contribution in [0.3, 0.4) is 0 Å². The Kier molecular flexibility index (Phi) is 4.14. The van der Waals surface area contributed by atoms with Crippen LogP contribution in [0.25, 0.3) is 0 Å². The molecular formula is C11H14BrNO. The predicted octanol–water partition coefficient (Wildman–Crippen LogP) is 3.21. The number of benzene rings is 1. The van der Waals surface area contributed by atoms with Crippen molar-refractivity contribution in [3.8, 4) is 0 Å². The van der Waals surface area contributed by atoms with E-state index in [1.165, 1.54) is 0 Å². The highest BCUT2D eigenvalue weighted by molar-refractivity contribution is 9.10. The van der Waals surface area contributed by atoms with Crippen molar-refractivity contribution in [2.45, 2.75) is 20.3 Å². The summed E-state index contributed by atoms with van der Waals surface area (Å²) in [4.78, 5) is 13.1. The molecule has 0 aliphatic rings. The monoisotopic (exact) mass is 255 g/mol. The van der Waals surface area contributed by atoms with E-state index in [2.05, 4.69) is 22.9 Å². The number of hydrogen-bond donors (Lipinski definition) is 0. The summed E-state index contributed by atoms with van der Waals surface area (Å²) < 4.78 is 1.03. The normalized spacial score (nSPS) is 9.93. The van der Waals surface area contributed by atoms with Gasteiger partial charge in [0, 0.05) is 23.6 Å². The van der Waals surface area contributed by atoms with Gasteiger partial charge in [0.1, 0.15) is 0 Å². The molecule has 0 unspecified atom stereocenters. The molecule has 0 bridgehead atoms. The van der Waals surface area contributed by atoms with Crippen LogP contribution >= 0.6 is 15.9 Å². The Hall–Kier alpha value is -0.830. The predicted molar refractivity (Wildman–Crippen MR) is 62.5 cm³/mol. The van der Waals surface area contributed by atoms with E-state index in [-0.39, 0.29) is 5.91 Å². The maximum atomic E-state index is 11.3. The first kappa shape index (κ1) is 11.2. The van der Waals surface area contributed by atoms with E-state index in [9.17, 15) is 4.79 Å². The van der Waals surface area contributed by atoms with Crippen LogP contribution in [0.15, 0.2) is 28.7 Å². The average Bonchev–Trinajstić information content (AvgIpc) is 2.15. The molecule has 0 atom stereocenters. The zero-order valence-electron chi connectivity index (χ0n) is 8.46. The lowest BCUT2D eigenvalue weighted by molar-refractivity contribution is -0.116. The minimum atomic E-state index is 0.0918. The second kappa shape index (κ2) is 5.15. The highest BCUT2D eigenvalue weighted by Gasteiger charge is 2.09. The van der Waals surface area contributed by atoms with Crippen molar-refractivity contribution in [2.24, 2.45) is 0 Å². The third-order valence-corrected chi connectivity index (χ3v) is 2.49. The zero-order chi connectivity index (χ0) is 10.6. The number of halogens is 1. The minimum absolute atomic E-state index is 0.0918. The molecule has 0 spiro atoms. The summed E-state index contributed by atoms with van der Waals surface area (Å²) in [5.74, 6) is 0.0918. The second-order valence-corrected chi connectivity index (χ2v) is 4.06. The summed E-state index contributed by atoms with van der Waals surface area (Å²) in [5.41, 5.74) is 0.961. The third kappa shape index (κ3) is 2.84. The molecule has 1 aromatic carbocycles. The van der Waals surface area contributed by atoms with Gasteiger partial charge in [0.25, 0.3) is 0 Å². The molecule has 3 heteroatoms. The van der Waals surface area contributed by atoms with E-state index in [4.69, 9.17) is 0 Å². The summed E-state index contributed by atoms with van der Waals surface area (Å²) in [6.45, 7) is 4.43. The van der Waals surface area contributed by atoms with Gasteiger partial charge in [0.15, 0.2) is 0 Å². The molecule has 1 amide bonds. The molecular weight excluding hydrogens is 242 g/mol. The first-order valence-electron chi connectivity index (χ1n) is 4.69. The van der Waals surface area contributed by atoms with Crippen LogP contribution < -0.4 is 4.90 Å². The van der Waals surface area contributed by atoms with Crippen LogP contribution in [0.5, 0.6) is 0 Å². The van der Waals surface area contributed by atoms with Gasteiger partial charge in [-0.05, 0) is 30.7 Å². The van der Waals surface area contributed by atoms with Crippen molar-refractivity contribution >= 4 is 27.5 Å². The van der Waals surface area contributed by atoms with E-state index in [1.54, 1.807) is 11.8 Å². The van der Waals surface area contributed by atoms with Gasteiger partial charge in [-0.25, -0.2) is 0 Å². The van der Waals surface area contributed by atoms with Gasteiger partial charge in [-0.2, -0.15) is 0 Å². The number of hydrogen-bond acceptors (Lipinski definition) is 1. The molecule has 1 aromatic rings. The smallest absolute Gasteiger partial charge is 0.223 e. The lowest BCUT2D eigenvalue weighted by Crippen LogP contribution is -2.28. The molecule has 76 valence electrons. The number of anilines is 1. The van der Waals surface area contributed by atoms with Crippen molar-refractivity contribution in [2.75, 3.05) is 11.4 Å². The summed E-state index contributed by atoms with van der Waals surface area (Å²) in [5, 5.41) is 0. The Morgan fingerprint density at radius 2 is 1.93 bits per heavy atom. The van der Waals surface area contributed by atoms with Crippen LogP contribution in [-0.2, 0) is 4.79 Å². The molecule has 0 saturated carbocycles. The van der Waals surface area contributed by atoms with Crippen molar-refractivity contribution in [1.82, 2.24) is 0 Å². The quantitative estimate of drug-likeness (QED) is 0.813. The van der Waals surface area contributed by atoms with E-state index >= 15 is 0 Å². The van der Waals surface area contributed by atoms with Crippen LogP contribution in [0, 0.1) is 0 Å². The molecule has 0 aliphatic carbocycles. The minimum Gasteiger partial charge on any atom is -0.313 e. The standard InChI is InChI=1S/C11H14BrNO/c1-3-8-13(9(2)14)11-6-4-10(12)5-7-11/h4-7H,3,8H2,1-2H3. The van der Waals surface area contributed by atoms with Crippen LogP contribution in [0.2, 0.25) is 0 Å². The maximum absolute atomic E-state index is 11.3. The van der Waals surface area contributed by atoms with Gasteiger partial charge in [-0.1, -0.05) is 22.9 Å². The van der Waals surface area contributed by atoms with Gasteiger partial charge in [-0.3, -0.25) is 4.79 Å². The van der Waals surface area contributed by atoms with Gasteiger partial charge in [-0.15, -0.1) is 0 Å². The molecule has 2 nitrogen and oxygen atoms in total. The van der Waals surface area contributed by atoms with Gasteiger partial charge in [0.2, 0.25) is 5.91 Å². The van der Waals surface area contributed by atoms with Crippen LogP contribution in [-0.4, -0.2) is 12.5 Å². The van der Waals surface area contributed by atoms with Crippen molar-refractivity contribution in [3.05, 3.63) is 28.7 Å². The molecule has 0 aliphatic heterocycles. The fourth-order valence-corrected chi connectivity index (χ4v) is 1.58. The molecule has 1 rings (SSSR count). The van der Waals surface area contributed by atoms with Gasteiger partial charge < -0.3 is 4.90 Å². The van der Waals surface area contributed by atoms with E-state index in [0.29, 0.717) is 0 Å². The molecule has 0 radical (unpaired) electrons. The number of nitrogens with zero attached hydrogens (tertiary/aromatic N) is 1. The highest BCUT2D eigenvalue weighted by Crippen LogP contribution is 2.18. The molecule has 0 aromatic heterocycles. The first-order valence-corrected chi connectivity index (χ1v) is 5.48. The zero-order valence-corrected chi connectivity index (χ0v) is 10.0. The van der Waals surface area contributed by atoms with Crippen molar-refractivity contribution < 1.29 is 4.79 Å². The SMILES string of the molecule is CCCN(C(C)=O)c1ccc(Br)cc1. The summed E-state index contributed by atoms with van der Waals surface area (Å²) in [7, 11) is 0. The summed E-state index contributed by atoms with van der Waals surface area (Å²) >= 11 is 3.37. The highest BCUT2D eigenvalue weighted by atomic mass is 79.9. The Balaban J connectivity index is 2.87. The largest absolute Gasteiger partial charge is 0.313 e. The Morgan fingerprint density at radius 3 is 2.36 bits per heavy atom. The molecule has 0 N–H and O–H groups in total. The van der Waals surface area contributed by atoms with E-state index in [0.717, 1.165) is 23.1 Å². The molecule has 0 saturated heterocycles. The Bertz CT molecular complexity index is 308. The molecule has 0 fully saturated rings. The summed E-state index contributed by atoms with van der Waals surface area (Å²) in [6, 6.07) is 7.78. The van der Waals surface area contributed by atoms with Gasteiger partial charge in [0.05, 0.1) is 0 Å². The Labute approximate surface area is 93.0 Å². The molecule has 14 heavy (non-hydrogen) atoms. The van der Waals surface area contributed by atoms with Crippen LogP contribution in [0.1, 0.15) is 20.3 Å². The van der Waals surface area contributed by atoms with E-state index in [1.807, 2.05) is 24.3 Å². The maximum Gasteiger partial charge on any atom is 0.223 e. The lowest BCUT2D eigenvalue weighted by atomic mass is 10.2.